The highest BCUT2D eigenvalue weighted by Crippen LogP contribution is 2.19. The van der Waals surface area contributed by atoms with Crippen LogP contribution in [0.25, 0.3) is 17.0 Å². The van der Waals surface area contributed by atoms with E-state index in [0.717, 1.165) is 23.0 Å². The van der Waals surface area contributed by atoms with Gasteiger partial charge in [0.15, 0.2) is 5.69 Å². The first-order chi connectivity index (χ1) is 14.0. The van der Waals surface area contributed by atoms with Gasteiger partial charge < -0.3 is 5.32 Å². The van der Waals surface area contributed by atoms with Crippen molar-refractivity contribution in [1.29, 1.82) is 0 Å². The molecular formula is C19H15FN6O2S. The topological polar surface area (TPSA) is 105 Å². The molecule has 2 N–H and O–H groups in total. The number of para-hydroxylation sites is 1. The fourth-order valence-electron chi connectivity index (χ4n) is 2.66. The molecule has 4 rings (SSSR count). The Bertz CT molecular complexity index is 1250. The number of fused-ring (bicyclic) bond motifs is 1. The molecule has 1 amide bonds. The van der Waals surface area contributed by atoms with Crippen molar-refractivity contribution in [2.45, 2.75) is 12.1 Å². The maximum atomic E-state index is 13.2. The van der Waals surface area contributed by atoms with Crippen molar-refractivity contribution in [3.8, 4) is 11.3 Å². The first kappa shape index (κ1) is 18.8. The molecule has 4 aromatic rings. The van der Waals surface area contributed by atoms with Crippen molar-refractivity contribution in [2.75, 3.05) is 11.1 Å². The normalized spacial score (nSPS) is 11.0. The molecule has 0 bridgehead atoms. The number of aryl methyl sites for hydroxylation is 1. The average molecular weight is 410 g/mol. The molecule has 2 aromatic heterocycles. The molecule has 0 atom stereocenters. The van der Waals surface area contributed by atoms with E-state index in [9.17, 15) is 14.0 Å². The van der Waals surface area contributed by atoms with Crippen LogP contribution in [0.4, 0.5) is 10.1 Å². The number of carbonyl (C=O) groups is 1. The van der Waals surface area contributed by atoms with Crippen LogP contribution in [0, 0.1) is 12.7 Å². The van der Waals surface area contributed by atoms with Gasteiger partial charge in [0, 0.05) is 11.3 Å². The van der Waals surface area contributed by atoms with Crippen LogP contribution in [0.2, 0.25) is 0 Å². The van der Waals surface area contributed by atoms with E-state index < -0.39 is 11.4 Å². The number of thioether (sulfide) groups is 1. The summed E-state index contributed by atoms with van der Waals surface area (Å²) in [5.74, 6) is -0.375. The van der Waals surface area contributed by atoms with Crippen molar-refractivity contribution < 1.29 is 9.18 Å². The fraction of sp³-hybridized carbons (Fsp3) is 0.105. The fourth-order valence-corrected chi connectivity index (χ4v) is 3.34. The summed E-state index contributed by atoms with van der Waals surface area (Å²) in [5.41, 5.74) is 1.79. The van der Waals surface area contributed by atoms with Crippen LogP contribution in [-0.2, 0) is 4.79 Å². The number of rotatable bonds is 5. The number of H-pyrrole nitrogens is 1. The molecule has 0 saturated carbocycles. The van der Waals surface area contributed by atoms with Gasteiger partial charge in [0.2, 0.25) is 11.1 Å². The first-order valence-electron chi connectivity index (χ1n) is 8.61. The lowest BCUT2D eigenvalue weighted by Crippen LogP contribution is -2.17. The number of anilines is 1. The van der Waals surface area contributed by atoms with Crippen LogP contribution < -0.4 is 10.9 Å². The minimum atomic E-state index is -0.467. The molecule has 0 radical (unpaired) electrons. The van der Waals surface area contributed by atoms with E-state index in [1.807, 2.05) is 31.2 Å². The molecule has 2 aromatic carbocycles. The van der Waals surface area contributed by atoms with Gasteiger partial charge in [-0.3, -0.25) is 14.6 Å². The quantitative estimate of drug-likeness (QED) is 0.490. The SMILES string of the molecule is Cc1ccccc1NC(=O)CSc1nnc2[nH]c(=O)c(-c3ccc(F)cc3)nn12. The molecule has 8 nitrogen and oxygen atoms in total. The second kappa shape index (κ2) is 7.84. The van der Waals surface area contributed by atoms with E-state index in [1.165, 1.54) is 28.8 Å². The molecule has 0 unspecified atom stereocenters. The third kappa shape index (κ3) is 4.02. The number of halogens is 1. The number of aromatic nitrogens is 5. The number of hydrogen-bond acceptors (Lipinski definition) is 6. The molecule has 0 saturated heterocycles. The van der Waals surface area contributed by atoms with Gasteiger partial charge in [0.05, 0.1) is 5.75 Å². The number of nitrogens with one attached hydrogen (secondary N) is 2. The summed E-state index contributed by atoms with van der Waals surface area (Å²) >= 11 is 1.13. The van der Waals surface area contributed by atoms with Gasteiger partial charge in [0.1, 0.15) is 5.82 Å². The van der Waals surface area contributed by atoms with Gasteiger partial charge in [0.25, 0.3) is 11.3 Å². The van der Waals surface area contributed by atoms with E-state index in [0.29, 0.717) is 10.7 Å². The summed E-state index contributed by atoms with van der Waals surface area (Å²) in [7, 11) is 0. The molecule has 2 heterocycles. The lowest BCUT2D eigenvalue weighted by molar-refractivity contribution is -0.113. The Morgan fingerprint density at radius 2 is 1.93 bits per heavy atom. The Morgan fingerprint density at radius 1 is 1.17 bits per heavy atom. The molecule has 0 aliphatic carbocycles. The minimum Gasteiger partial charge on any atom is -0.325 e. The van der Waals surface area contributed by atoms with Crippen molar-refractivity contribution in [3.05, 3.63) is 70.3 Å². The summed E-state index contributed by atoms with van der Waals surface area (Å²) in [6.45, 7) is 1.91. The average Bonchev–Trinajstić information content (AvgIpc) is 3.10. The van der Waals surface area contributed by atoms with Crippen molar-refractivity contribution in [3.63, 3.8) is 0 Å². The van der Waals surface area contributed by atoms with Gasteiger partial charge in [-0.15, -0.1) is 10.2 Å². The Morgan fingerprint density at radius 3 is 2.69 bits per heavy atom. The highest BCUT2D eigenvalue weighted by Gasteiger charge is 2.15. The van der Waals surface area contributed by atoms with E-state index in [1.54, 1.807) is 0 Å². The number of carbonyl (C=O) groups excluding carboxylic acids is 1. The third-order valence-corrected chi connectivity index (χ3v) is 5.04. The van der Waals surface area contributed by atoms with Gasteiger partial charge >= 0.3 is 0 Å². The van der Waals surface area contributed by atoms with Crippen LogP contribution in [-0.4, -0.2) is 36.5 Å². The predicted molar refractivity (Wildman–Crippen MR) is 107 cm³/mol. The van der Waals surface area contributed by atoms with Gasteiger partial charge in [-0.05, 0) is 42.8 Å². The predicted octanol–water partition coefficient (Wildman–Crippen LogP) is 2.66. The largest absolute Gasteiger partial charge is 0.325 e. The summed E-state index contributed by atoms with van der Waals surface area (Å²) in [4.78, 5) is 27.1. The van der Waals surface area contributed by atoms with Gasteiger partial charge in [-0.1, -0.05) is 30.0 Å². The smallest absolute Gasteiger partial charge is 0.279 e. The van der Waals surface area contributed by atoms with Gasteiger partial charge in [-0.2, -0.15) is 9.61 Å². The number of benzene rings is 2. The Kier molecular flexibility index (Phi) is 5.09. The second-order valence-electron chi connectivity index (χ2n) is 6.18. The van der Waals surface area contributed by atoms with Crippen LogP contribution >= 0.6 is 11.8 Å². The third-order valence-electron chi connectivity index (χ3n) is 4.12. The second-order valence-corrected chi connectivity index (χ2v) is 7.12. The standard InChI is InChI=1S/C19H15FN6O2S/c1-11-4-2-3-5-14(11)21-15(27)10-29-19-24-23-18-22-17(28)16(25-26(18)19)12-6-8-13(20)9-7-12/h2-9H,10H2,1H3,(H,21,27)(H,22,23,28). The Hall–Kier alpha value is -3.53. The molecular weight excluding hydrogens is 395 g/mol. The van der Waals surface area contributed by atoms with E-state index in [2.05, 4.69) is 25.6 Å². The molecule has 0 fully saturated rings. The lowest BCUT2D eigenvalue weighted by Gasteiger charge is -2.07. The van der Waals surface area contributed by atoms with E-state index >= 15 is 0 Å². The molecule has 0 aliphatic heterocycles. The van der Waals surface area contributed by atoms with E-state index in [4.69, 9.17) is 0 Å². The number of amides is 1. The number of nitrogens with zero attached hydrogens (tertiary/aromatic N) is 4. The molecule has 0 aliphatic rings. The summed E-state index contributed by atoms with van der Waals surface area (Å²) in [5, 5.41) is 15.3. The zero-order chi connectivity index (χ0) is 20.4. The van der Waals surface area contributed by atoms with Crippen molar-refractivity contribution in [1.82, 2.24) is 24.8 Å². The van der Waals surface area contributed by atoms with Crippen LogP contribution in [0.1, 0.15) is 5.56 Å². The highest BCUT2D eigenvalue weighted by molar-refractivity contribution is 7.99. The molecule has 10 heteroatoms. The van der Waals surface area contributed by atoms with Crippen molar-refractivity contribution in [2.24, 2.45) is 0 Å². The van der Waals surface area contributed by atoms with Crippen molar-refractivity contribution >= 4 is 29.1 Å². The number of hydrogen-bond donors (Lipinski definition) is 2. The maximum absolute atomic E-state index is 13.2. The Labute approximate surface area is 168 Å². The first-order valence-corrected chi connectivity index (χ1v) is 9.60. The highest BCUT2D eigenvalue weighted by atomic mass is 32.2. The monoisotopic (exact) mass is 410 g/mol. The minimum absolute atomic E-state index is 0.0851. The van der Waals surface area contributed by atoms with Crippen LogP contribution in [0.3, 0.4) is 0 Å². The summed E-state index contributed by atoms with van der Waals surface area (Å²) in [6.07, 6.45) is 0. The molecule has 29 heavy (non-hydrogen) atoms. The molecule has 146 valence electrons. The number of aromatic amines is 1. The zero-order valence-electron chi connectivity index (χ0n) is 15.2. The lowest BCUT2D eigenvalue weighted by atomic mass is 10.2. The Balaban J connectivity index is 1.56. The maximum Gasteiger partial charge on any atom is 0.279 e. The molecule has 0 spiro atoms. The van der Waals surface area contributed by atoms with Crippen LogP contribution in [0.5, 0.6) is 0 Å². The van der Waals surface area contributed by atoms with Gasteiger partial charge in [-0.25, -0.2) is 4.39 Å². The summed E-state index contributed by atoms with van der Waals surface area (Å²) < 4.78 is 14.5. The van der Waals surface area contributed by atoms with E-state index in [-0.39, 0.29) is 23.1 Å². The van der Waals surface area contributed by atoms with Crippen LogP contribution in [0.15, 0.2) is 58.5 Å². The summed E-state index contributed by atoms with van der Waals surface area (Å²) in [6, 6.07) is 12.9. The zero-order valence-corrected chi connectivity index (χ0v) is 16.0.